The first-order valence-electron chi connectivity index (χ1n) is 13.9. The molecular formula is C30H49NO4. The number of ether oxygens (including phenoxy) is 1. The Morgan fingerprint density at radius 3 is 2.66 bits per heavy atom. The predicted octanol–water partition coefficient (Wildman–Crippen LogP) is 5.32. The fourth-order valence-electron chi connectivity index (χ4n) is 7.26. The van der Waals surface area contributed by atoms with Crippen molar-refractivity contribution < 1.29 is 19.7 Å². The van der Waals surface area contributed by atoms with E-state index in [0.717, 1.165) is 49.7 Å². The van der Waals surface area contributed by atoms with Crippen LogP contribution in [0.15, 0.2) is 35.5 Å². The molecule has 1 unspecified atom stereocenters. The zero-order chi connectivity index (χ0) is 25.8. The van der Waals surface area contributed by atoms with E-state index >= 15 is 0 Å². The number of carbonyl (C=O) groups is 1. The van der Waals surface area contributed by atoms with Gasteiger partial charge in [-0.3, -0.25) is 4.79 Å². The molecule has 3 aliphatic carbocycles. The summed E-state index contributed by atoms with van der Waals surface area (Å²) >= 11 is 0. The number of rotatable bonds is 9. The molecule has 5 heteroatoms. The van der Waals surface area contributed by atoms with Gasteiger partial charge in [0.05, 0.1) is 18.1 Å². The van der Waals surface area contributed by atoms with Crippen LogP contribution in [0.2, 0.25) is 0 Å². The van der Waals surface area contributed by atoms with Crippen LogP contribution in [-0.4, -0.2) is 41.5 Å². The van der Waals surface area contributed by atoms with Crippen molar-refractivity contribution in [3.63, 3.8) is 0 Å². The molecule has 0 aromatic rings. The van der Waals surface area contributed by atoms with Crippen LogP contribution in [0.3, 0.4) is 0 Å². The van der Waals surface area contributed by atoms with Crippen molar-refractivity contribution in [2.24, 2.45) is 40.7 Å². The van der Waals surface area contributed by atoms with E-state index in [1.165, 1.54) is 12.0 Å². The Bertz CT molecular complexity index is 815. The second kappa shape index (κ2) is 12.2. The smallest absolute Gasteiger partial charge is 0.309 e. The highest BCUT2D eigenvalue weighted by molar-refractivity contribution is 5.72. The van der Waals surface area contributed by atoms with Gasteiger partial charge in [0.25, 0.3) is 0 Å². The minimum atomic E-state index is -0.654. The summed E-state index contributed by atoms with van der Waals surface area (Å²) in [5.41, 5.74) is 8.97. The third kappa shape index (κ3) is 6.47. The molecule has 3 fully saturated rings. The third-order valence-electron chi connectivity index (χ3n) is 9.29. The van der Waals surface area contributed by atoms with Gasteiger partial charge in [0.15, 0.2) is 0 Å². The van der Waals surface area contributed by atoms with E-state index in [1.54, 1.807) is 0 Å². The average Bonchev–Trinajstić information content (AvgIpc) is 3.16. The number of nitrogens with two attached hydrogens (primary N) is 1. The van der Waals surface area contributed by atoms with Gasteiger partial charge < -0.3 is 20.7 Å². The molecule has 0 aromatic carbocycles. The number of allylic oxidation sites excluding steroid dienone is 3. The van der Waals surface area contributed by atoms with Crippen LogP contribution in [0.25, 0.3) is 0 Å². The molecule has 0 aliphatic heterocycles. The maximum atomic E-state index is 13.1. The molecule has 3 rings (SSSR count). The van der Waals surface area contributed by atoms with Crippen molar-refractivity contribution in [1.82, 2.24) is 0 Å². The quantitative estimate of drug-likeness (QED) is 0.383. The molecule has 4 N–H and O–H groups in total. The highest BCUT2D eigenvalue weighted by Crippen LogP contribution is 2.60. The fraction of sp³-hybridized carbons (Fsp3) is 0.767. The summed E-state index contributed by atoms with van der Waals surface area (Å²) in [7, 11) is 0. The summed E-state index contributed by atoms with van der Waals surface area (Å²) in [6, 6.07) is 0. The second-order valence-electron chi connectivity index (χ2n) is 12.1. The molecule has 198 valence electrons. The fourth-order valence-corrected chi connectivity index (χ4v) is 7.26. The zero-order valence-electron chi connectivity index (χ0n) is 22.5. The Labute approximate surface area is 212 Å². The van der Waals surface area contributed by atoms with Gasteiger partial charge in [-0.15, -0.1) is 0 Å². The van der Waals surface area contributed by atoms with E-state index in [2.05, 4.69) is 46.4 Å². The average molecular weight is 488 g/mol. The van der Waals surface area contributed by atoms with Crippen LogP contribution in [0.5, 0.6) is 0 Å². The first-order valence-corrected chi connectivity index (χ1v) is 13.9. The van der Waals surface area contributed by atoms with Crippen LogP contribution in [-0.2, 0) is 9.53 Å². The van der Waals surface area contributed by atoms with E-state index < -0.39 is 12.2 Å². The summed E-state index contributed by atoms with van der Waals surface area (Å²) in [6.07, 6.45) is 11.8. The lowest BCUT2D eigenvalue weighted by Crippen LogP contribution is -2.40. The van der Waals surface area contributed by atoms with Crippen LogP contribution in [0.4, 0.5) is 0 Å². The van der Waals surface area contributed by atoms with Gasteiger partial charge in [-0.05, 0) is 85.2 Å². The summed E-state index contributed by atoms with van der Waals surface area (Å²) in [5.74, 6) is 1.69. The maximum absolute atomic E-state index is 13.1. The first kappa shape index (κ1) is 28.1. The molecule has 3 saturated carbocycles. The lowest BCUT2D eigenvalue weighted by molar-refractivity contribution is -0.152. The molecule has 35 heavy (non-hydrogen) atoms. The van der Waals surface area contributed by atoms with Gasteiger partial charge in [0.2, 0.25) is 0 Å². The summed E-state index contributed by atoms with van der Waals surface area (Å²) in [4.78, 5) is 13.1. The normalized spacial score (nSPS) is 35.4. The molecule has 0 aromatic heterocycles. The number of fused-ring (bicyclic) bond motifs is 1. The molecule has 0 amide bonds. The Balaban J connectivity index is 1.80. The van der Waals surface area contributed by atoms with Gasteiger partial charge in [-0.1, -0.05) is 58.4 Å². The Kier molecular flexibility index (Phi) is 9.82. The van der Waals surface area contributed by atoms with E-state index in [1.807, 2.05) is 0 Å². The van der Waals surface area contributed by atoms with Crippen molar-refractivity contribution in [1.29, 1.82) is 0 Å². The first-order chi connectivity index (χ1) is 16.6. The van der Waals surface area contributed by atoms with Gasteiger partial charge in [0.1, 0.15) is 6.61 Å². The SMILES string of the molecule is C=C1/C(=C\C=C2/CCC[C@]3(C)[C@@H]([C@H](C)C(CCC(C)C)C(=O)OCCN)CC[C@@H]23)C[C@@H](O)C[C@@H]1O. The minimum absolute atomic E-state index is 0.0696. The second-order valence-corrected chi connectivity index (χ2v) is 12.1. The number of carbonyl (C=O) groups excluding carboxylic acids is 1. The summed E-state index contributed by atoms with van der Waals surface area (Å²) < 4.78 is 5.56. The largest absolute Gasteiger partial charge is 0.464 e. The van der Waals surface area contributed by atoms with Gasteiger partial charge >= 0.3 is 5.97 Å². The lowest BCUT2D eigenvalue weighted by Gasteiger charge is -2.45. The van der Waals surface area contributed by atoms with E-state index in [9.17, 15) is 15.0 Å². The number of hydrogen-bond donors (Lipinski definition) is 3. The Hall–Kier alpha value is -1.43. The van der Waals surface area contributed by atoms with Gasteiger partial charge in [-0.2, -0.15) is 0 Å². The van der Waals surface area contributed by atoms with Crippen molar-refractivity contribution in [2.75, 3.05) is 13.2 Å². The van der Waals surface area contributed by atoms with E-state index in [4.69, 9.17) is 10.5 Å². The standard InChI is InChI=1S/C30H49NO4/c1-19(2)8-11-25(29(34)35-16-15-31)21(4)26-12-13-27-22(7-6-14-30(26,27)5)9-10-23-17-24(32)18-28(33)20(23)3/h9-10,19,21,24-28,32-33H,3,6-8,11-18,31H2,1-2,4-5H3/b22-9+,23-10-/t21-,24-,25?,26-,27+,28+,30-/m1/s1. The van der Waals surface area contributed by atoms with E-state index in [0.29, 0.717) is 43.7 Å². The summed E-state index contributed by atoms with van der Waals surface area (Å²) in [5, 5.41) is 20.3. The van der Waals surface area contributed by atoms with Crippen LogP contribution in [0, 0.1) is 35.0 Å². The monoisotopic (exact) mass is 487 g/mol. The van der Waals surface area contributed by atoms with Crippen molar-refractivity contribution in [2.45, 2.75) is 97.7 Å². The van der Waals surface area contributed by atoms with Crippen LogP contribution < -0.4 is 5.73 Å². The van der Waals surface area contributed by atoms with Crippen LogP contribution >= 0.6 is 0 Å². The topological polar surface area (TPSA) is 92.8 Å². The van der Waals surface area contributed by atoms with Gasteiger partial charge in [0, 0.05) is 13.0 Å². The minimum Gasteiger partial charge on any atom is -0.464 e. The summed E-state index contributed by atoms with van der Waals surface area (Å²) in [6.45, 7) is 13.9. The van der Waals surface area contributed by atoms with Crippen molar-refractivity contribution >= 4 is 5.97 Å². The van der Waals surface area contributed by atoms with E-state index in [-0.39, 0.29) is 23.2 Å². The number of aliphatic hydroxyl groups is 2. The molecule has 0 radical (unpaired) electrons. The molecule has 0 spiro atoms. The van der Waals surface area contributed by atoms with Crippen molar-refractivity contribution in [3.8, 4) is 0 Å². The zero-order valence-corrected chi connectivity index (χ0v) is 22.5. The molecular weight excluding hydrogens is 438 g/mol. The molecule has 0 bridgehead atoms. The number of esters is 1. The Morgan fingerprint density at radius 1 is 1.23 bits per heavy atom. The molecule has 7 atom stereocenters. The van der Waals surface area contributed by atoms with Crippen LogP contribution in [0.1, 0.15) is 85.5 Å². The highest BCUT2D eigenvalue weighted by atomic mass is 16.5. The van der Waals surface area contributed by atoms with Gasteiger partial charge in [-0.25, -0.2) is 0 Å². The Morgan fingerprint density at radius 2 is 1.97 bits per heavy atom. The van der Waals surface area contributed by atoms with Crippen molar-refractivity contribution in [3.05, 3.63) is 35.5 Å². The number of hydrogen-bond acceptors (Lipinski definition) is 5. The predicted molar refractivity (Wildman–Crippen MR) is 141 cm³/mol. The third-order valence-corrected chi connectivity index (χ3v) is 9.29. The highest BCUT2D eigenvalue weighted by Gasteiger charge is 2.52. The molecule has 3 aliphatic rings. The lowest BCUT2D eigenvalue weighted by atomic mass is 9.59. The molecule has 0 saturated heterocycles. The molecule has 5 nitrogen and oxygen atoms in total. The molecule has 0 heterocycles. The number of aliphatic hydroxyl groups excluding tert-OH is 2. The maximum Gasteiger partial charge on any atom is 0.309 e.